The van der Waals surface area contributed by atoms with Crippen LogP contribution in [0.1, 0.15) is 32.4 Å². The highest BCUT2D eigenvalue weighted by atomic mass is 16.5. The van der Waals surface area contributed by atoms with Gasteiger partial charge < -0.3 is 15.0 Å². The van der Waals surface area contributed by atoms with E-state index in [1.54, 1.807) is 7.11 Å². The normalized spacial score (nSPS) is 16.3. The molecule has 1 fully saturated rings. The van der Waals surface area contributed by atoms with Gasteiger partial charge in [-0.25, -0.2) is 0 Å². The number of benzene rings is 2. The summed E-state index contributed by atoms with van der Waals surface area (Å²) in [4.78, 5) is 15.0. The summed E-state index contributed by atoms with van der Waals surface area (Å²) in [7, 11) is 1.68. The lowest BCUT2D eigenvalue weighted by Gasteiger charge is -2.37. The Hall–Kier alpha value is -2.33. The summed E-state index contributed by atoms with van der Waals surface area (Å²) in [6.45, 7) is 8.87. The summed E-state index contributed by atoms with van der Waals surface area (Å²) in [5.74, 6) is 1.65. The number of ether oxygens (including phenoxy) is 1. The zero-order valence-electron chi connectivity index (χ0n) is 16.7. The van der Waals surface area contributed by atoms with E-state index < -0.39 is 0 Å². The van der Waals surface area contributed by atoms with Crippen LogP contribution in [0, 0.1) is 11.8 Å². The molecule has 0 aromatic heterocycles. The van der Waals surface area contributed by atoms with E-state index in [4.69, 9.17) is 4.74 Å². The van der Waals surface area contributed by atoms with Crippen LogP contribution in [0.2, 0.25) is 0 Å². The van der Waals surface area contributed by atoms with E-state index in [0.717, 1.165) is 42.1 Å². The van der Waals surface area contributed by atoms with Gasteiger partial charge in [-0.05, 0) is 61.7 Å². The first-order chi connectivity index (χ1) is 13.0. The van der Waals surface area contributed by atoms with Crippen molar-refractivity contribution in [2.45, 2.75) is 26.8 Å². The number of amides is 1. The number of methoxy groups -OCH3 is 1. The lowest BCUT2D eigenvalue weighted by molar-refractivity contribution is -0.139. The molecular weight excluding hydrogens is 336 g/mol. The van der Waals surface area contributed by atoms with Crippen LogP contribution in [0.4, 0.5) is 0 Å². The van der Waals surface area contributed by atoms with Gasteiger partial charge in [-0.15, -0.1) is 0 Å². The second-order valence-corrected chi connectivity index (χ2v) is 7.36. The molecule has 1 aliphatic rings. The summed E-state index contributed by atoms with van der Waals surface area (Å²) in [6, 6.07) is 16.6. The lowest BCUT2D eigenvalue weighted by atomic mass is 9.87. The number of nitrogens with one attached hydrogen (secondary N) is 1. The van der Waals surface area contributed by atoms with Gasteiger partial charge in [-0.2, -0.15) is 0 Å². The van der Waals surface area contributed by atoms with Crippen molar-refractivity contribution in [3.63, 3.8) is 0 Å². The fraction of sp³-hybridized carbons (Fsp3) is 0.435. The Morgan fingerprint density at radius 2 is 1.85 bits per heavy atom. The van der Waals surface area contributed by atoms with E-state index in [-0.39, 0.29) is 17.9 Å². The molecule has 1 heterocycles. The Balaban J connectivity index is 1.75. The van der Waals surface area contributed by atoms with Crippen molar-refractivity contribution >= 4 is 5.91 Å². The van der Waals surface area contributed by atoms with Gasteiger partial charge in [0.15, 0.2) is 0 Å². The van der Waals surface area contributed by atoms with Gasteiger partial charge in [0.1, 0.15) is 5.75 Å². The van der Waals surface area contributed by atoms with E-state index in [1.165, 1.54) is 0 Å². The molecule has 0 saturated carbocycles. The number of carbonyl (C=O) groups excluding carboxylic acids is 1. The van der Waals surface area contributed by atoms with Crippen molar-refractivity contribution in [3.8, 4) is 16.9 Å². The molecule has 0 bridgehead atoms. The zero-order valence-corrected chi connectivity index (χ0v) is 16.7. The Morgan fingerprint density at radius 3 is 2.41 bits per heavy atom. The van der Waals surface area contributed by atoms with E-state index in [2.05, 4.69) is 56.4 Å². The molecule has 2 aromatic carbocycles. The van der Waals surface area contributed by atoms with Crippen LogP contribution < -0.4 is 10.1 Å². The maximum atomic E-state index is 13.0. The third kappa shape index (κ3) is 4.16. The Bertz CT molecular complexity index is 768. The molecule has 4 heteroatoms. The zero-order chi connectivity index (χ0) is 19.4. The maximum Gasteiger partial charge on any atom is 0.226 e. The third-order valence-corrected chi connectivity index (χ3v) is 5.80. The molecule has 27 heavy (non-hydrogen) atoms. The first kappa shape index (κ1) is 19.4. The van der Waals surface area contributed by atoms with Gasteiger partial charge >= 0.3 is 0 Å². The van der Waals surface area contributed by atoms with Crippen LogP contribution >= 0.6 is 0 Å². The Morgan fingerprint density at radius 1 is 1.15 bits per heavy atom. The first-order valence-electron chi connectivity index (χ1n) is 9.80. The molecule has 3 rings (SSSR count). The topological polar surface area (TPSA) is 41.6 Å². The lowest BCUT2D eigenvalue weighted by Crippen LogP contribution is -2.50. The number of carbonyl (C=O) groups is 1. The van der Waals surface area contributed by atoms with Crippen molar-refractivity contribution < 1.29 is 9.53 Å². The Kier molecular flexibility index (Phi) is 6.17. The molecule has 4 nitrogen and oxygen atoms in total. The van der Waals surface area contributed by atoms with Crippen molar-refractivity contribution in [1.82, 2.24) is 10.2 Å². The van der Waals surface area contributed by atoms with Crippen molar-refractivity contribution in [2.75, 3.05) is 26.7 Å². The minimum atomic E-state index is 0.0670. The van der Waals surface area contributed by atoms with Gasteiger partial charge in [-0.1, -0.05) is 43.3 Å². The summed E-state index contributed by atoms with van der Waals surface area (Å²) in [5.41, 5.74) is 3.44. The average molecular weight is 367 g/mol. The summed E-state index contributed by atoms with van der Waals surface area (Å²) >= 11 is 0. The number of hydrogen-bond donors (Lipinski definition) is 1. The molecule has 2 atom stereocenters. The summed E-state index contributed by atoms with van der Waals surface area (Å²) in [5, 5.41) is 3.27. The standard InChI is InChI=1S/C23H30N2O2/c1-5-25(23(26)16(2)21-14-24-15-21)17(3)18-9-11-19(12-10-18)20-7-6-8-22(13-20)27-4/h6-13,16-17,21,24H,5,14-15H2,1-4H3. The molecular formula is C23H30N2O2. The smallest absolute Gasteiger partial charge is 0.226 e. The van der Waals surface area contributed by atoms with E-state index >= 15 is 0 Å². The Labute approximate surface area is 162 Å². The van der Waals surface area contributed by atoms with Crippen LogP contribution in [0.25, 0.3) is 11.1 Å². The highest BCUT2D eigenvalue weighted by Gasteiger charge is 2.33. The van der Waals surface area contributed by atoms with Gasteiger partial charge in [0.05, 0.1) is 13.2 Å². The van der Waals surface area contributed by atoms with E-state index in [0.29, 0.717) is 5.92 Å². The molecule has 1 amide bonds. The van der Waals surface area contributed by atoms with Crippen molar-refractivity contribution in [1.29, 1.82) is 0 Å². The van der Waals surface area contributed by atoms with Gasteiger partial charge in [-0.3, -0.25) is 4.79 Å². The second kappa shape index (κ2) is 8.57. The summed E-state index contributed by atoms with van der Waals surface area (Å²) < 4.78 is 5.32. The average Bonchev–Trinajstić information content (AvgIpc) is 2.67. The monoisotopic (exact) mass is 366 g/mol. The first-order valence-corrected chi connectivity index (χ1v) is 9.80. The largest absolute Gasteiger partial charge is 0.497 e. The van der Waals surface area contributed by atoms with Crippen LogP contribution in [0.5, 0.6) is 5.75 Å². The number of nitrogens with zero attached hydrogens (tertiary/aromatic N) is 1. The molecule has 2 unspecified atom stereocenters. The number of rotatable bonds is 7. The molecule has 0 aliphatic carbocycles. The van der Waals surface area contributed by atoms with Gasteiger partial charge in [0.25, 0.3) is 0 Å². The van der Waals surface area contributed by atoms with Crippen molar-refractivity contribution in [3.05, 3.63) is 54.1 Å². The molecule has 1 N–H and O–H groups in total. The predicted octanol–water partition coefficient (Wildman–Crippen LogP) is 4.13. The molecule has 0 radical (unpaired) electrons. The molecule has 1 saturated heterocycles. The van der Waals surface area contributed by atoms with Crippen LogP contribution in [-0.4, -0.2) is 37.6 Å². The van der Waals surface area contributed by atoms with Crippen LogP contribution in [0.3, 0.4) is 0 Å². The minimum absolute atomic E-state index is 0.0670. The second-order valence-electron chi connectivity index (χ2n) is 7.36. The summed E-state index contributed by atoms with van der Waals surface area (Å²) in [6.07, 6.45) is 0. The SMILES string of the molecule is CCN(C(=O)C(C)C1CNC1)C(C)c1ccc(-c2cccc(OC)c2)cc1. The molecule has 0 spiro atoms. The van der Waals surface area contributed by atoms with Gasteiger partial charge in [0.2, 0.25) is 5.91 Å². The van der Waals surface area contributed by atoms with Gasteiger partial charge in [0, 0.05) is 12.5 Å². The number of hydrogen-bond acceptors (Lipinski definition) is 3. The molecule has 1 aliphatic heterocycles. The maximum absolute atomic E-state index is 13.0. The fourth-order valence-corrected chi connectivity index (χ4v) is 3.68. The van der Waals surface area contributed by atoms with Crippen LogP contribution in [-0.2, 0) is 4.79 Å². The fourth-order valence-electron chi connectivity index (χ4n) is 3.68. The predicted molar refractivity (Wildman–Crippen MR) is 110 cm³/mol. The van der Waals surface area contributed by atoms with E-state index in [1.807, 2.05) is 23.1 Å². The van der Waals surface area contributed by atoms with Crippen LogP contribution in [0.15, 0.2) is 48.5 Å². The van der Waals surface area contributed by atoms with Crippen molar-refractivity contribution in [2.24, 2.45) is 11.8 Å². The minimum Gasteiger partial charge on any atom is -0.497 e. The highest BCUT2D eigenvalue weighted by Crippen LogP contribution is 2.29. The quantitative estimate of drug-likeness (QED) is 0.801. The molecule has 144 valence electrons. The molecule has 2 aromatic rings. The third-order valence-electron chi connectivity index (χ3n) is 5.80. The van der Waals surface area contributed by atoms with E-state index in [9.17, 15) is 4.79 Å². The highest BCUT2D eigenvalue weighted by molar-refractivity contribution is 5.79.